The van der Waals surface area contributed by atoms with Crippen molar-refractivity contribution in [3.63, 3.8) is 0 Å². The maximum atomic E-state index is 12.4. The molecule has 0 saturated carbocycles. The molecule has 0 aliphatic carbocycles. The summed E-state index contributed by atoms with van der Waals surface area (Å²) in [6, 6.07) is 1.08. The minimum Gasteiger partial charge on any atom is -0.377 e. The average molecular weight is 130 g/mol. The molecule has 0 bridgehead atoms. The van der Waals surface area contributed by atoms with Crippen molar-refractivity contribution in [1.29, 1.82) is 5.26 Å². The van der Waals surface area contributed by atoms with Crippen molar-refractivity contribution < 1.29 is 9.22 Å². The van der Waals surface area contributed by atoms with Gasteiger partial charge in [-0.1, -0.05) is 0 Å². The van der Waals surface area contributed by atoms with Crippen LogP contribution in [0.5, 0.6) is 0 Å². The predicted molar refractivity (Wildman–Crippen MR) is 28.0 cm³/mol. The van der Waals surface area contributed by atoms with Crippen molar-refractivity contribution in [3.05, 3.63) is 0 Å². The zero-order valence-corrected chi connectivity index (χ0v) is 4.88. The van der Waals surface area contributed by atoms with E-state index in [0.717, 1.165) is 0 Å². The fraction of sp³-hybridized carbons (Fsp3) is 0.800. The van der Waals surface area contributed by atoms with Crippen LogP contribution < -0.4 is 0 Å². The molecule has 0 aromatic carbocycles. The first-order valence-electron chi connectivity index (χ1n) is 2.74. The maximum absolute atomic E-state index is 12.4. The Hall–Kier alpha value is -0.660. The number of nitriles is 1. The number of hydrogen-bond acceptors (Lipinski definition) is 3. The average Bonchev–Trinajstić information content (AvgIpc) is 1.89. The smallest absolute Gasteiger partial charge is 0.150 e. The standard InChI is InChI=1S/C5H7FN2O/c6-8-1-2-9-4-5(8)3-7/h5H,1-2,4H2. The second-order valence-corrected chi connectivity index (χ2v) is 1.84. The highest BCUT2D eigenvalue weighted by Crippen LogP contribution is 2.04. The highest BCUT2D eigenvalue weighted by atomic mass is 19.2. The Balaban J connectivity index is 2.41. The van der Waals surface area contributed by atoms with Crippen molar-refractivity contribution in [3.8, 4) is 6.07 Å². The molecule has 9 heavy (non-hydrogen) atoms. The van der Waals surface area contributed by atoms with Crippen molar-refractivity contribution in [2.75, 3.05) is 19.8 Å². The van der Waals surface area contributed by atoms with Crippen LogP contribution in [0.25, 0.3) is 0 Å². The third-order valence-electron chi connectivity index (χ3n) is 1.21. The van der Waals surface area contributed by atoms with Crippen LogP contribution in [-0.4, -0.2) is 30.9 Å². The lowest BCUT2D eigenvalue weighted by molar-refractivity contribution is -0.0911. The van der Waals surface area contributed by atoms with Gasteiger partial charge in [0.15, 0.2) is 0 Å². The van der Waals surface area contributed by atoms with Crippen LogP contribution in [0.15, 0.2) is 0 Å². The molecule has 50 valence electrons. The van der Waals surface area contributed by atoms with E-state index in [2.05, 4.69) is 0 Å². The summed E-state index contributed by atoms with van der Waals surface area (Å²) in [4.78, 5) is 0. The van der Waals surface area contributed by atoms with Crippen LogP contribution in [0.3, 0.4) is 0 Å². The van der Waals surface area contributed by atoms with Crippen LogP contribution in [0, 0.1) is 11.3 Å². The number of hydrogen-bond donors (Lipinski definition) is 0. The van der Waals surface area contributed by atoms with Crippen molar-refractivity contribution in [2.24, 2.45) is 0 Å². The Morgan fingerprint density at radius 3 is 3.00 bits per heavy atom. The van der Waals surface area contributed by atoms with Gasteiger partial charge in [0.25, 0.3) is 0 Å². The lowest BCUT2D eigenvalue weighted by Gasteiger charge is -2.22. The Morgan fingerprint density at radius 2 is 2.56 bits per heavy atom. The molecule has 1 rings (SSSR count). The molecule has 4 heteroatoms. The summed E-state index contributed by atoms with van der Waals surface area (Å²) < 4.78 is 17.2. The van der Waals surface area contributed by atoms with E-state index in [0.29, 0.717) is 11.7 Å². The van der Waals surface area contributed by atoms with Crippen LogP contribution in [0.1, 0.15) is 0 Å². The van der Waals surface area contributed by atoms with E-state index in [1.54, 1.807) is 6.07 Å². The van der Waals surface area contributed by atoms with Crippen molar-refractivity contribution in [1.82, 2.24) is 5.12 Å². The molecule has 0 spiro atoms. The minimum absolute atomic E-state index is 0.188. The third-order valence-corrected chi connectivity index (χ3v) is 1.21. The van der Waals surface area contributed by atoms with Gasteiger partial charge in [-0.05, 0) is 0 Å². The highest BCUT2D eigenvalue weighted by Gasteiger charge is 2.21. The maximum Gasteiger partial charge on any atom is 0.150 e. The third kappa shape index (κ3) is 1.37. The van der Waals surface area contributed by atoms with E-state index in [1.165, 1.54) is 0 Å². The summed E-state index contributed by atoms with van der Waals surface area (Å²) in [5, 5.41) is 8.75. The largest absolute Gasteiger partial charge is 0.377 e. The minimum atomic E-state index is -0.696. The first-order chi connectivity index (χ1) is 4.34. The SMILES string of the molecule is N#CC1COCCN1F. The van der Waals surface area contributed by atoms with Gasteiger partial charge in [0.1, 0.15) is 6.04 Å². The Labute approximate surface area is 52.6 Å². The van der Waals surface area contributed by atoms with Crippen molar-refractivity contribution in [2.45, 2.75) is 6.04 Å². The summed E-state index contributed by atoms with van der Waals surface area (Å²) >= 11 is 0. The first-order valence-corrected chi connectivity index (χ1v) is 2.74. The van der Waals surface area contributed by atoms with Gasteiger partial charge in [-0.25, -0.2) is 0 Å². The Bertz CT molecular complexity index is 133. The zero-order valence-electron chi connectivity index (χ0n) is 4.88. The molecular formula is C5H7FN2O. The van der Waals surface area contributed by atoms with E-state index < -0.39 is 6.04 Å². The van der Waals surface area contributed by atoms with Crippen LogP contribution in [-0.2, 0) is 4.74 Å². The molecule has 1 heterocycles. The second kappa shape index (κ2) is 2.76. The van der Waals surface area contributed by atoms with E-state index in [1.807, 2.05) is 0 Å². The second-order valence-electron chi connectivity index (χ2n) is 1.84. The number of rotatable bonds is 0. The van der Waals surface area contributed by atoms with E-state index >= 15 is 0 Å². The molecular weight excluding hydrogens is 123 g/mol. The topological polar surface area (TPSA) is 36.3 Å². The molecule has 3 nitrogen and oxygen atoms in total. The molecule has 0 amide bonds. The molecule has 1 aliphatic rings. The molecule has 0 aromatic heterocycles. The van der Waals surface area contributed by atoms with E-state index in [4.69, 9.17) is 10.00 Å². The van der Waals surface area contributed by atoms with Gasteiger partial charge in [-0.2, -0.15) is 5.26 Å². The monoisotopic (exact) mass is 130 g/mol. The molecule has 1 unspecified atom stereocenters. The van der Waals surface area contributed by atoms with Gasteiger partial charge in [0.2, 0.25) is 0 Å². The molecule has 1 atom stereocenters. The number of ether oxygens (including phenoxy) is 1. The van der Waals surface area contributed by atoms with Crippen LogP contribution >= 0.6 is 0 Å². The summed E-state index contributed by atoms with van der Waals surface area (Å²) in [6.45, 7) is 0.778. The van der Waals surface area contributed by atoms with E-state index in [9.17, 15) is 4.48 Å². The molecule has 0 N–H and O–H groups in total. The molecule has 1 saturated heterocycles. The van der Waals surface area contributed by atoms with Gasteiger partial charge in [-0.15, -0.1) is 9.60 Å². The first kappa shape index (κ1) is 6.46. The Kier molecular flexibility index (Phi) is 1.98. The number of nitrogens with zero attached hydrogens (tertiary/aromatic N) is 2. The molecule has 1 fully saturated rings. The quantitative estimate of drug-likeness (QED) is 0.436. The van der Waals surface area contributed by atoms with Gasteiger partial charge >= 0.3 is 0 Å². The number of halogens is 1. The Morgan fingerprint density at radius 1 is 1.78 bits per heavy atom. The summed E-state index contributed by atoms with van der Waals surface area (Å²) in [5.41, 5.74) is 0. The van der Waals surface area contributed by atoms with Crippen LogP contribution in [0.4, 0.5) is 4.48 Å². The molecule has 0 radical (unpaired) electrons. The van der Waals surface area contributed by atoms with Gasteiger partial charge in [0, 0.05) is 0 Å². The van der Waals surface area contributed by atoms with Gasteiger partial charge < -0.3 is 4.74 Å². The summed E-state index contributed by atoms with van der Waals surface area (Å²) in [7, 11) is 0. The van der Waals surface area contributed by atoms with Gasteiger partial charge in [0.05, 0.1) is 25.8 Å². The molecule has 1 aliphatic heterocycles. The summed E-state index contributed by atoms with van der Waals surface area (Å²) in [5.74, 6) is 0. The summed E-state index contributed by atoms with van der Waals surface area (Å²) in [6.07, 6.45) is 0. The fourth-order valence-corrected chi connectivity index (χ4v) is 0.683. The van der Waals surface area contributed by atoms with Crippen molar-refractivity contribution >= 4 is 0 Å². The van der Waals surface area contributed by atoms with Crippen LogP contribution in [0.2, 0.25) is 0 Å². The lowest BCUT2D eigenvalue weighted by atomic mass is 10.3. The fourth-order valence-electron chi connectivity index (χ4n) is 0.683. The zero-order chi connectivity index (χ0) is 6.69. The van der Waals surface area contributed by atoms with E-state index in [-0.39, 0.29) is 13.2 Å². The number of morpholine rings is 1. The predicted octanol–water partition coefficient (Wildman–Crippen LogP) is 0.0953. The highest BCUT2D eigenvalue weighted by molar-refractivity contribution is 4.90. The normalized spacial score (nSPS) is 29.6. The van der Waals surface area contributed by atoms with Gasteiger partial charge in [-0.3, -0.25) is 0 Å². The molecule has 0 aromatic rings. The lowest BCUT2D eigenvalue weighted by Crippen LogP contribution is -2.39.